The fraction of sp³-hybridized carbons (Fsp3) is 0.400. The van der Waals surface area contributed by atoms with E-state index >= 15 is 0 Å². The Bertz CT molecular complexity index is 321. The van der Waals surface area contributed by atoms with Gasteiger partial charge < -0.3 is 0 Å². The van der Waals surface area contributed by atoms with E-state index in [2.05, 4.69) is 30.5 Å². The van der Waals surface area contributed by atoms with E-state index in [1.165, 1.54) is 0 Å². The SMILES string of the molecule is C=Cn1ncc(C(C)C)c1/N=C\C. The first-order chi connectivity index (χ1) is 6.20. The molecule has 0 unspecified atom stereocenters. The minimum Gasteiger partial charge on any atom is -0.242 e. The summed E-state index contributed by atoms with van der Waals surface area (Å²) in [6, 6.07) is 0. The minimum atomic E-state index is 0.437. The van der Waals surface area contributed by atoms with Crippen LogP contribution in [0.1, 0.15) is 32.3 Å². The van der Waals surface area contributed by atoms with Crippen molar-refractivity contribution in [3.63, 3.8) is 0 Å². The average Bonchev–Trinajstić information content (AvgIpc) is 2.48. The van der Waals surface area contributed by atoms with Crippen molar-refractivity contribution in [3.05, 3.63) is 18.3 Å². The Balaban J connectivity index is 3.21. The number of nitrogens with zero attached hydrogens (tertiary/aromatic N) is 3. The zero-order valence-corrected chi connectivity index (χ0v) is 8.36. The standard InChI is InChI=1S/C10H15N3/c1-5-11-10-9(8(3)4)7-12-13(10)6-2/h5-8H,2H2,1,3-4H3/b11-5-. The molecule has 0 saturated heterocycles. The largest absolute Gasteiger partial charge is 0.242 e. The number of hydrogen-bond donors (Lipinski definition) is 0. The minimum absolute atomic E-state index is 0.437. The van der Waals surface area contributed by atoms with Gasteiger partial charge in [0.25, 0.3) is 0 Å². The van der Waals surface area contributed by atoms with Crippen LogP contribution in [0.5, 0.6) is 0 Å². The first-order valence-electron chi connectivity index (χ1n) is 4.39. The number of rotatable bonds is 3. The van der Waals surface area contributed by atoms with Crippen molar-refractivity contribution >= 4 is 18.2 Å². The summed E-state index contributed by atoms with van der Waals surface area (Å²) in [6.07, 6.45) is 5.27. The fourth-order valence-corrected chi connectivity index (χ4v) is 1.17. The topological polar surface area (TPSA) is 30.2 Å². The Labute approximate surface area is 78.8 Å². The lowest BCUT2D eigenvalue weighted by atomic mass is 10.1. The van der Waals surface area contributed by atoms with Crippen LogP contribution in [0, 0.1) is 0 Å². The third-order valence-corrected chi connectivity index (χ3v) is 1.84. The van der Waals surface area contributed by atoms with Gasteiger partial charge in [-0.25, -0.2) is 9.67 Å². The summed E-state index contributed by atoms with van der Waals surface area (Å²) in [4.78, 5) is 4.26. The van der Waals surface area contributed by atoms with E-state index < -0.39 is 0 Å². The summed E-state index contributed by atoms with van der Waals surface area (Å²) >= 11 is 0. The lowest BCUT2D eigenvalue weighted by molar-refractivity contribution is 0.866. The Hall–Kier alpha value is -1.38. The molecule has 1 aromatic heterocycles. The zero-order valence-electron chi connectivity index (χ0n) is 8.36. The first-order valence-corrected chi connectivity index (χ1v) is 4.39. The van der Waals surface area contributed by atoms with Crippen LogP contribution in [0.15, 0.2) is 17.8 Å². The number of aromatic nitrogens is 2. The molecule has 0 spiro atoms. The van der Waals surface area contributed by atoms with E-state index in [1.54, 1.807) is 17.1 Å². The molecule has 0 fully saturated rings. The van der Waals surface area contributed by atoms with Gasteiger partial charge in [-0.2, -0.15) is 5.10 Å². The second kappa shape index (κ2) is 4.03. The van der Waals surface area contributed by atoms with Crippen LogP contribution in [-0.2, 0) is 0 Å². The van der Waals surface area contributed by atoms with Gasteiger partial charge in [-0.15, -0.1) is 0 Å². The molecule has 0 aliphatic heterocycles. The van der Waals surface area contributed by atoms with Gasteiger partial charge in [0.05, 0.1) is 6.20 Å². The predicted molar refractivity (Wildman–Crippen MR) is 56.5 cm³/mol. The smallest absolute Gasteiger partial charge is 0.157 e. The van der Waals surface area contributed by atoms with Crippen molar-refractivity contribution in [1.82, 2.24) is 9.78 Å². The molecule has 0 bridgehead atoms. The van der Waals surface area contributed by atoms with Gasteiger partial charge in [0.15, 0.2) is 5.82 Å². The van der Waals surface area contributed by atoms with Crippen molar-refractivity contribution in [3.8, 4) is 0 Å². The Morgan fingerprint density at radius 3 is 2.77 bits per heavy atom. The molecule has 0 radical (unpaired) electrons. The Morgan fingerprint density at radius 2 is 2.31 bits per heavy atom. The van der Waals surface area contributed by atoms with Crippen LogP contribution in [0.4, 0.5) is 5.82 Å². The van der Waals surface area contributed by atoms with Crippen LogP contribution in [-0.4, -0.2) is 16.0 Å². The maximum absolute atomic E-state index is 4.26. The van der Waals surface area contributed by atoms with Crippen molar-refractivity contribution in [1.29, 1.82) is 0 Å². The highest BCUT2D eigenvalue weighted by Gasteiger charge is 2.10. The first kappa shape index (κ1) is 9.71. The second-order valence-corrected chi connectivity index (χ2v) is 3.09. The van der Waals surface area contributed by atoms with E-state index in [0.717, 1.165) is 11.4 Å². The molecular formula is C10H15N3. The summed E-state index contributed by atoms with van der Waals surface area (Å²) in [5, 5.41) is 4.16. The molecule has 70 valence electrons. The lowest BCUT2D eigenvalue weighted by Crippen LogP contribution is -1.89. The maximum atomic E-state index is 4.26. The molecule has 3 heteroatoms. The maximum Gasteiger partial charge on any atom is 0.157 e. The molecule has 1 rings (SSSR count). The summed E-state index contributed by atoms with van der Waals surface area (Å²) in [5.41, 5.74) is 1.15. The highest BCUT2D eigenvalue weighted by atomic mass is 15.3. The highest BCUT2D eigenvalue weighted by molar-refractivity contribution is 5.61. The van der Waals surface area contributed by atoms with E-state index in [0.29, 0.717) is 5.92 Å². The van der Waals surface area contributed by atoms with Crippen LogP contribution < -0.4 is 0 Å². The molecule has 0 saturated carbocycles. The molecule has 3 nitrogen and oxygen atoms in total. The summed E-state index contributed by atoms with van der Waals surface area (Å²) in [5.74, 6) is 1.32. The molecule has 1 aromatic rings. The second-order valence-electron chi connectivity index (χ2n) is 3.09. The number of aliphatic imine (C=N–C) groups is 1. The summed E-state index contributed by atoms with van der Waals surface area (Å²) in [7, 11) is 0. The predicted octanol–water partition coefficient (Wildman–Crippen LogP) is 2.83. The van der Waals surface area contributed by atoms with Gasteiger partial charge in [0.2, 0.25) is 0 Å². The Kier molecular flexibility index (Phi) is 3.01. The average molecular weight is 177 g/mol. The normalized spacial score (nSPS) is 11.4. The molecule has 1 heterocycles. The van der Waals surface area contributed by atoms with Crippen LogP contribution >= 0.6 is 0 Å². The van der Waals surface area contributed by atoms with Gasteiger partial charge in [-0.05, 0) is 12.8 Å². The van der Waals surface area contributed by atoms with Crippen molar-refractivity contribution in [2.24, 2.45) is 4.99 Å². The van der Waals surface area contributed by atoms with Crippen molar-refractivity contribution < 1.29 is 0 Å². The van der Waals surface area contributed by atoms with Gasteiger partial charge in [0.1, 0.15) is 0 Å². The third kappa shape index (κ3) is 1.86. The zero-order chi connectivity index (χ0) is 9.84. The fourth-order valence-electron chi connectivity index (χ4n) is 1.17. The van der Waals surface area contributed by atoms with Crippen molar-refractivity contribution in [2.45, 2.75) is 26.7 Å². The van der Waals surface area contributed by atoms with E-state index in [4.69, 9.17) is 0 Å². The summed E-state index contributed by atoms with van der Waals surface area (Å²) in [6.45, 7) is 9.81. The molecule has 0 aliphatic carbocycles. The molecule has 13 heavy (non-hydrogen) atoms. The quantitative estimate of drug-likeness (QED) is 0.653. The molecule has 0 aliphatic rings. The Morgan fingerprint density at radius 1 is 1.62 bits per heavy atom. The highest BCUT2D eigenvalue weighted by Crippen LogP contribution is 2.26. The van der Waals surface area contributed by atoms with Crippen LogP contribution in [0.3, 0.4) is 0 Å². The molecule has 0 aromatic carbocycles. The van der Waals surface area contributed by atoms with Gasteiger partial charge in [-0.1, -0.05) is 20.4 Å². The van der Waals surface area contributed by atoms with Crippen LogP contribution in [0.2, 0.25) is 0 Å². The lowest BCUT2D eigenvalue weighted by Gasteiger charge is -2.02. The van der Waals surface area contributed by atoms with Gasteiger partial charge in [-0.3, -0.25) is 0 Å². The number of hydrogen-bond acceptors (Lipinski definition) is 2. The monoisotopic (exact) mass is 177 g/mol. The molecule has 0 amide bonds. The van der Waals surface area contributed by atoms with E-state index in [-0.39, 0.29) is 0 Å². The van der Waals surface area contributed by atoms with Crippen molar-refractivity contribution in [2.75, 3.05) is 0 Å². The van der Waals surface area contributed by atoms with Gasteiger partial charge >= 0.3 is 0 Å². The molecule has 0 N–H and O–H groups in total. The van der Waals surface area contributed by atoms with Crippen LogP contribution in [0.25, 0.3) is 6.20 Å². The van der Waals surface area contributed by atoms with E-state index in [1.807, 2.05) is 13.1 Å². The summed E-state index contributed by atoms with van der Waals surface area (Å²) < 4.78 is 1.69. The van der Waals surface area contributed by atoms with E-state index in [9.17, 15) is 0 Å². The third-order valence-electron chi connectivity index (χ3n) is 1.84. The molecule has 0 atom stereocenters. The molecular weight excluding hydrogens is 162 g/mol. The van der Waals surface area contributed by atoms with Gasteiger partial charge in [0, 0.05) is 18.0 Å².